The molecule has 0 heterocycles. The second-order valence-corrected chi connectivity index (χ2v) is 18.3. The van der Waals surface area contributed by atoms with Gasteiger partial charge >= 0.3 is 11.9 Å². The van der Waals surface area contributed by atoms with Crippen molar-refractivity contribution in [3.8, 4) is 11.8 Å². The molecule has 0 fully saturated rings. The molecule has 328 valence electrons. The van der Waals surface area contributed by atoms with Crippen LogP contribution in [0, 0.1) is 11.8 Å². The van der Waals surface area contributed by atoms with E-state index in [1.807, 2.05) is 48.5 Å². The highest BCUT2D eigenvalue weighted by atomic mass is 32.2. The first kappa shape index (κ1) is 52.7. The molecular formula is C44H70N2O10S2. The zero-order chi connectivity index (χ0) is 43.1. The second kappa shape index (κ2) is 31.6. The maximum atomic E-state index is 12.2. The van der Waals surface area contributed by atoms with Crippen LogP contribution in [0.2, 0.25) is 0 Å². The van der Waals surface area contributed by atoms with Gasteiger partial charge in [0, 0.05) is 25.8 Å². The Morgan fingerprint density at radius 1 is 0.638 bits per heavy atom. The summed E-state index contributed by atoms with van der Waals surface area (Å²) in [5, 5.41) is 28.9. The molecule has 0 spiro atoms. The fourth-order valence-electron chi connectivity index (χ4n) is 5.80. The number of carboxylic acids is 1. The van der Waals surface area contributed by atoms with Crippen LogP contribution < -0.4 is 9.44 Å². The van der Waals surface area contributed by atoms with Gasteiger partial charge in [-0.05, 0) is 74.1 Å². The quantitative estimate of drug-likeness (QED) is 0.0302. The lowest BCUT2D eigenvalue weighted by Gasteiger charge is -2.11. The molecule has 5 N–H and O–H groups in total. The summed E-state index contributed by atoms with van der Waals surface area (Å²) in [4.78, 5) is 21.6. The first-order chi connectivity index (χ1) is 27.7. The number of esters is 1. The number of ether oxygens (including phenoxy) is 1. The number of aliphatic hydroxyl groups excluding tert-OH is 2. The molecule has 0 aliphatic carbocycles. The van der Waals surface area contributed by atoms with Gasteiger partial charge in [-0.1, -0.05) is 120 Å². The third-order valence-electron chi connectivity index (χ3n) is 9.34. The number of hydrogen-bond acceptors (Lipinski definition) is 9. The van der Waals surface area contributed by atoms with Crippen molar-refractivity contribution in [3.63, 3.8) is 0 Å². The second-order valence-electron chi connectivity index (χ2n) is 14.4. The molecular weight excluding hydrogens is 781 g/mol. The summed E-state index contributed by atoms with van der Waals surface area (Å²) < 4.78 is 58.3. The fourth-order valence-corrected chi connectivity index (χ4v) is 7.85. The highest BCUT2D eigenvalue weighted by Gasteiger charge is 2.13. The molecule has 0 amide bonds. The molecule has 58 heavy (non-hydrogen) atoms. The lowest BCUT2D eigenvalue weighted by molar-refractivity contribution is -0.143. The van der Waals surface area contributed by atoms with Gasteiger partial charge in [-0.2, -0.15) is 0 Å². The SMILES string of the molecule is CCCCCC(O)c1ccc(CCS(=O)(=O)NCC#CCCCC(=O)O)cc1.CCCCCC(O)c1ccc(CCS(=O)(=O)NCCCCCCC(=O)OCC)cc1. The number of unbranched alkanes of at least 4 members (excludes halogenated alkanes) is 8. The minimum Gasteiger partial charge on any atom is -0.481 e. The zero-order valence-electron chi connectivity index (χ0n) is 35.1. The molecule has 2 aromatic rings. The van der Waals surface area contributed by atoms with E-state index in [0.29, 0.717) is 45.3 Å². The monoisotopic (exact) mass is 850 g/mol. The normalized spacial score (nSPS) is 12.4. The van der Waals surface area contributed by atoms with E-state index in [1.165, 1.54) is 0 Å². The number of carboxylic acid groups (broad SMARTS) is 1. The Hall–Kier alpha value is -3.32. The first-order valence-electron chi connectivity index (χ1n) is 21.0. The van der Waals surface area contributed by atoms with Gasteiger partial charge in [-0.25, -0.2) is 26.3 Å². The summed E-state index contributed by atoms with van der Waals surface area (Å²) in [5.74, 6) is 4.44. The molecule has 0 radical (unpaired) electrons. The van der Waals surface area contributed by atoms with Crippen molar-refractivity contribution in [3.05, 3.63) is 70.8 Å². The molecule has 2 unspecified atom stereocenters. The lowest BCUT2D eigenvalue weighted by Crippen LogP contribution is -2.28. The first-order valence-corrected chi connectivity index (χ1v) is 24.3. The predicted octanol–water partition coefficient (Wildman–Crippen LogP) is 7.30. The predicted molar refractivity (Wildman–Crippen MR) is 231 cm³/mol. The van der Waals surface area contributed by atoms with Gasteiger partial charge in [0.15, 0.2) is 0 Å². The Morgan fingerprint density at radius 3 is 1.62 bits per heavy atom. The molecule has 0 aliphatic heterocycles. The van der Waals surface area contributed by atoms with Gasteiger partial charge in [-0.15, -0.1) is 5.92 Å². The van der Waals surface area contributed by atoms with Crippen molar-refractivity contribution in [2.75, 3.05) is 31.2 Å². The number of rotatable bonds is 30. The minimum atomic E-state index is -3.42. The number of nitrogens with one attached hydrogen (secondary N) is 2. The van der Waals surface area contributed by atoms with E-state index in [4.69, 9.17) is 9.84 Å². The number of sulfonamides is 2. The number of carbonyl (C=O) groups is 2. The Bertz CT molecular complexity index is 1690. The number of aliphatic carboxylic acids is 1. The van der Waals surface area contributed by atoms with Crippen LogP contribution in [-0.2, 0) is 47.2 Å². The van der Waals surface area contributed by atoms with Gasteiger partial charge in [0.25, 0.3) is 0 Å². The summed E-state index contributed by atoms with van der Waals surface area (Å²) in [6.45, 7) is 6.91. The maximum Gasteiger partial charge on any atom is 0.305 e. The Labute approximate surface area is 349 Å². The third kappa shape index (κ3) is 27.4. The van der Waals surface area contributed by atoms with Crippen LogP contribution in [-0.4, -0.2) is 75.3 Å². The Balaban J connectivity index is 0.000000581. The average molecular weight is 851 g/mol. The summed E-state index contributed by atoms with van der Waals surface area (Å²) in [7, 11) is -6.73. The molecule has 2 atom stereocenters. The topological polar surface area (TPSA) is 196 Å². The van der Waals surface area contributed by atoms with E-state index in [1.54, 1.807) is 6.92 Å². The van der Waals surface area contributed by atoms with Gasteiger partial charge in [0.05, 0.1) is 36.9 Å². The highest BCUT2D eigenvalue weighted by Crippen LogP contribution is 2.21. The number of benzene rings is 2. The highest BCUT2D eigenvalue weighted by molar-refractivity contribution is 7.89. The molecule has 2 aromatic carbocycles. The standard InChI is InChI=1S/C23H39NO5S.C21H31NO5S/c1-3-5-8-11-22(25)21-15-13-20(14-16-21)17-19-30(27,28)24-18-10-7-6-9-12-23(26)29-4-2;1-2-3-6-9-20(23)19-13-11-18(12-14-19)15-17-28(26,27)22-16-8-5-4-7-10-21(24)25/h13-16,22,24-25H,3-12,17-19H2,1-2H3;11-14,20,22-23H,2-4,6-7,9-10,15-17H2,1H3,(H,24,25). The van der Waals surface area contributed by atoms with Crippen molar-refractivity contribution < 1.29 is 46.5 Å². The molecule has 0 bridgehead atoms. The summed E-state index contributed by atoms with van der Waals surface area (Å²) in [6, 6.07) is 15.0. The van der Waals surface area contributed by atoms with E-state index in [0.717, 1.165) is 99.3 Å². The molecule has 2 rings (SSSR count). The van der Waals surface area contributed by atoms with Crippen molar-refractivity contribution >= 4 is 32.0 Å². The van der Waals surface area contributed by atoms with Gasteiger partial charge in [-0.3, -0.25) is 9.59 Å². The van der Waals surface area contributed by atoms with Gasteiger partial charge in [0.1, 0.15) is 0 Å². The largest absolute Gasteiger partial charge is 0.481 e. The van der Waals surface area contributed by atoms with E-state index >= 15 is 0 Å². The number of aliphatic hydroxyl groups is 2. The van der Waals surface area contributed by atoms with Crippen LogP contribution in [0.5, 0.6) is 0 Å². The molecule has 0 saturated heterocycles. The molecule has 0 saturated carbocycles. The summed E-state index contributed by atoms with van der Waals surface area (Å²) >= 11 is 0. The molecule has 0 aliphatic rings. The molecule has 0 aromatic heterocycles. The van der Waals surface area contributed by atoms with Crippen LogP contribution in [0.25, 0.3) is 0 Å². The average Bonchev–Trinajstić information content (AvgIpc) is 3.19. The Kier molecular flexibility index (Phi) is 28.7. The van der Waals surface area contributed by atoms with Crippen molar-refractivity contribution in [1.82, 2.24) is 9.44 Å². The minimum absolute atomic E-state index is 0.0261. The van der Waals surface area contributed by atoms with Crippen LogP contribution in [0.4, 0.5) is 0 Å². The summed E-state index contributed by atoms with van der Waals surface area (Å²) in [6.07, 6.45) is 12.5. The number of hydrogen-bond donors (Lipinski definition) is 5. The molecule has 14 heteroatoms. The smallest absolute Gasteiger partial charge is 0.305 e. The van der Waals surface area contributed by atoms with E-state index in [-0.39, 0.29) is 30.4 Å². The van der Waals surface area contributed by atoms with Crippen LogP contribution in [0.3, 0.4) is 0 Å². The van der Waals surface area contributed by atoms with Crippen LogP contribution in [0.15, 0.2) is 48.5 Å². The summed E-state index contributed by atoms with van der Waals surface area (Å²) in [5.41, 5.74) is 3.59. The van der Waals surface area contributed by atoms with Crippen molar-refractivity contribution in [2.45, 2.75) is 149 Å². The van der Waals surface area contributed by atoms with Crippen LogP contribution in [0.1, 0.15) is 158 Å². The van der Waals surface area contributed by atoms with Crippen molar-refractivity contribution in [1.29, 1.82) is 0 Å². The van der Waals surface area contributed by atoms with Crippen LogP contribution >= 0.6 is 0 Å². The number of carbonyl (C=O) groups excluding carboxylic acids is 1. The van der Waals surface area contributed by atoms with E-state index < -0.39 is 38.2 Å². The van der Waals surface area contributed by atoms with E-state index in [2.05, 4.69) is 35.1 Å². The number of aryl methyl sites for hydroxylation is 2. The van der Waals surface area contributed by atoms with E-state index in [9.17, 15) is 36.6 Å². The Morgan fingerprint density at radius 2 is 1.14 bits per heavy atom. The third-order valence-corrected chi connectivity index (χ3v) is 12.1. The van der Waals surface area contributed by atoms with Gasteiger partial charge < -0.3 is 20.1 Å². The fraction of sp³-hybridized carbons (Fsp3) is 0.636. The molecule has 12 nitrogen and oxygen atoms in total. The zero-order valence-corrected chi connectivity index (χ0v) is 36.7. The van der Waals surface area contributed by atoms with Gasteiger partial charge in [0.2, 0.25) is 20.0 Å². The lowest BCUT2D eigenvalue weighted by atomic mass is 10.0. The maximum absolute atomic E-state index is 12.2. The van der Waals surface area contributed by atoms with Crippen molar-refractivity contribution in [2.24, 2.45) is 0 Å².